The number of benzene rings is 2. The third-order valence-electron chi connectivity index (χ3n) is 4.26. The molecule has 0 aromatic heterocycles. The average molecular weight is 365 g/mol. The van der Waals surface area contributed by atoms with Crippen molar-refractivity contribution in [1.29, 1.82) is 0 Å². The number of hydrogen-bond acceptors (Lipinski definition) is 1. The first-order valence-electron chi connectivity index (χ1n) is 7.44. The lowest BCUT2D eigenvalue weighted by molar-refractivity contribution is 0.394. The SMILES string of the molecule is CCNC1c2ccccc2CC1Cc1ccc(Br)cc1Cl. The standard InChI is InChI=1S/C18H19BrClN/c1-2-21-18-14(9-12-5-3-4-6-16(12)18)10-13-7-8-15(19)11-17(13)20/h3-8,11,14,18,21H,2,9-10H2,1H3. The van der Waals surface area contributed by atoms with Gasteiger partial charge >= 0.3 is 0 Å². The lowest BCUT2D eigenvalue weighted by atomic mass is 9.92. The van der Waals surface area contributed by atoms with Crippen LogP contribution in [0.3, 0.4) is 0 Å². The lowest BCUT2D eigenvalue weighted by Crippen LogP contribution is -2.26. The molecule has 0 fully saturated rings. The molecule has 2 aromatic carbocycles. The molecular formula is C18H19BrClN. The van der Waals surface area contributed by atoms with Crippen molar-refractivity contribution in [3.63, 3.8) is 0 Å². The van der Waals surface area contributed by atoms with E-state index in [4.69, 9.17) is 11.6 Å². The highest BCUT2D eigenvalue weighted by Crippen LogP contribution is 2.39. The summed E-state index contributed by atoms with van der Waals surface area (Å²) in [6, 6.07) is 15.4. The number of nitrogens with one attached hydrogen (secondary N) is 1. The lowest BCUT2D eigenvalue weighted by Gasteiger charge is -2.22. The van der Waals surface area contributed by atoms with Crippen molar-refractivity contribution in [1.82, 2.24) is 5.32 Å². The van der Waals surface area contributed by atoms with Crippen LogP contribution in [-0.2, 0) is 12.8 Å². The second-order valence-corrected chi connectivity index (χ2v) is 6.96. The van der Waals surface area contributed by atoms with E-state index in [1.807, 2.05) is 6.07 Å². The molecule has 2 atom stereocenters. The van der Waals surface area contributed by atoms with Crippen molar-refractivity contribution in [3.8, 4) is 0 Å². The van der Waals surface area contributed by atoms with Crippen LogP contribution in [0.5, 0.6) is 0 Å². The second kappa shape index (κ2) is 6.51. The van der Waals surface area contributed by atoms with Crippen LogP contribution in [0.15, 0.2) is 46.9 Å². The summed E-state index contributed by atoms with van der Waals surface area (Å²) in [7, 11) is 0. The molecule has 21 heavy (non-hydrogen) atoms. The van der Waals surface area contributed by atoms with Crippen LogP contribution in [0.4, 0.5) is 0 Å². The Kier molecular flexibility index (Phi) is 4.68. The van der Waals surface area contributed by atoms with Crippen molar-refractivity contribution in [3.05, 3.63) is 68.7 Å². The van der Waals surface area contributed by atoms with Gasteiger partial charge in [0, 0.05) is 15.5 Å². The summed E-state index contributed by atoms with van der Waals surface area (Å²) >= 11 is 9.87. The predicted octanol–water partition coefficient (Wildman–Crippen LogP) is 5.17. The van der Waals surface area contributed by atoms with Crippen molar-refractivity contribution in [2.45, 2.75) is 25.8 Å². The third kappa shape index (κ3) is 3.18. The summed E-state index contributed by atoms with van der Waals surface area (Å²) in [5.41, 5.74) is 4.17. The Morgan fingerprint density at radius 3 is 2.81 bits per heavy atom. The molecule has 110 valence electrons. The molecule has 3 heteroatoms. The zero-order valence-electron chi connectivity index (χ0n) is 12.1. The van der Waals surface area contributed by atoms with Crippen molar-refractivity contribution in [2.24, 2.45) is 5.92 Å². The highest BCUT2D eigenvalue weighted by atomic mass is 79.9. The van der Waals surface area contributed by atoms with Crippen LogP contribution in [-0.4, -0.2) is 6.54 Å². The quantitative estimate of drug-likeness (QED) is 0.789. The summed E-state index contributed by atoms with van der Waals surface area (Å²) < 4.78 is 1.04. The predicted molar refractivity (Wildman–Crippen MR) is 92.9 cm³/mol. The molecule has 2 aromatic rings. The highest BCUT2D eigenvalue weighted by molar-refractivity contribution is 9.10. The van der Waals surface area contributed by atoms with Gasteiger partial charge in [-0.05, 0) is 54.1 Å². The van der Waals surface area contributed by atoms with Gasteiger partial charge in [0.25, 0.3) is 0 Å². The molecule has 2 unspecified atom stereocenters. The van der Waals surface area contributed by atoms with E-state index >= 15 is 0 Å². The summed E-state index contributed by atoms with van der Waals surface area (Å²) in [5, 5.41) is 4.51. The van der Waals surface area contributed by atoms with Gasteiger partial charge in [-0.25, -0.2) is 0 Å². The molecule has 1 aliphatic carbocycles. The molecule has 0 heterocycles. The third-order valence-corrected chi connectivity index (χ3v) is 5.11. The van der Waals surface area contributed by atoms with Crippen LogP contribution >= 0.6 is 27.5 Å². The average Bonchev–Trinajstić information content (AvgIpc) is 2.81. The molecule has 0 saturated carbocycles. The van der Waals surface area contributed by atoms with Crippen molar-refractivity contribution < 1.29 is 0 Å². The van der Waals surface area contributed by atoms with E-state index in [-0.39, 0.29) is 0 Å². The summed E-state index contributed by atoms with van der Waals surface area (Å²) in [5.74, 6) is 0.570. The molecule has 0 saturated heterocycles. The fourth-order valence-electron chi connectivity index (χ4n) is 3.33. The normalized spacial score (nSPS) is 20.5. The van der Waals surface area contributed by atoms with Gasteiger partial charge in [0.2, 0.25) is 0 Å². The van der Waals surface area contributed by atoms with E-state index in [2.05, 4.69) is 64.6 Å². The van der Waals surface area contributed by atoms with Crippen LogP contribution in [0.25, 0.3) is 0 Å². The fourth-order valence-corrected chi connectivity index (χ4v) is 4.08. The Labute approximate surface area is 139 Å². The van der Waals surface area contributed by atoms with Gasteiger partial charge in [0.1, 0.15) is 0 Å². The molecule has 1 aliphatic rings. The topological polar surface area (TPSA) is 12.0 Å². The number of hydrogen-bond donors (Lipinski definition) is 1. The maximum Gasteiger partial charge on any atom is 0.0449 e. The number of rotatable bonds is 4. The van der Waals surface area contributed by atoms with E-state index in [0.29, 0.717) is 12.0 Å². The van der Waals surface area contributed by atoms with E-state index in [0.717, 1.165) is 28.9 Å². The maximum atomic E-state index is 6.39. The number of fused-ring (bicyclic) bond motifs is 1. The van der Waals surface area contributed by atoms with E-state index < -0.39 is 0 Å². The molecule has 0 bridgehead atoms. The van der Waals surface area contributed by atoms with Crippen LogP contribution in [0, 0.1) is 5.92 Å². The summed E-state index contributed by atoms with van der Waals surface area (Å²) in [4.78, 5) is 0. The summed E-state index contributed by atoms with van der Waals surface area (Å²) in [6.45, 7) is 3.16. The summed E-state index contributed by atoms with van der Waals surface area (Å²) in [6.07, 6.45) is 2.14. The molecule has 0 amide bonds. The van der Waals surface area contributed by atoms with Crippen molar-refractivity contribution in [2.75, 3.05) is 6.54 Å². The molecule has 1 N–H and O–H groups in total. The van der Waals surface area contributed by atoms with Gasteiger partial charge in [-0.2, -0.15) is 0 Å². The van der Waals surface area contributed by atoms with Gasteiger partial charge in [-0.3, -0.25) is 0 Å². The van der Waals surface area contributed by atoms with Crippen molar-refractivity contribution >= 4 is 27.5 Å². The van der Waals surface area contributed by atoms with E-state index in [1.54, 1.807) is 0 Å². The Hall–Kier alpha value is -0.830. The van der Waals surface area contributed by atoms with Gasteiger partial charge in [0.15, 0.2) is 0 Å². The van der Waals surface area contributed by atoms with Crippen LogP contribution < -0.4 is 5.32 Å². The molecule has 0 spiro atoms. The second-order valence-electron chi connectivity index (χ2n) is 5.64. The minimum absolute atomic E-state index is 0.436. The Bertz CT molecular complexity index is 641. The van der Waals surface area contributed by atoms with Gasteiger partial charge < -0.3 is 5.32 Å². The molecule has 3 rings (SSSR count). The molecule has 1 nitrogen and oxygen atoms in total. The minimum atomic E-state index is 0.436. The molecule has 0 radical (unpaired) electrons. The zero-order chi connectivity index (χ0) is 14.8. The zero-order valence-corrected chi connectivity index (χ0v) is 14.4. The van der Waals surface area contributed by atoms with Crippen LogP contribution in [0.1, 0.15) is 29.7 Å². The first kappa shape index (κ1) is 15.1. The van der Waals surface area contributed by atoms with Gasteiger partial charge in [-0.1, -0.05) is 64.8 Å². The Balaban J connectivity index is 1.85. The minimum Gasteiger partial charge on any atom is -0.310 e. The van der Waals surface area contributed by atoms with Crippen LogP contribution in [0.2, 0.25) is 5.02 Å². The first-order chi connectivity index (χ1) is 10.2. The Morgan fingerprint density at radius 2 is 2.05 bits per heavy atom. The number of halogens is 2. The van der Waals surface area contributed by atoms with E-state index in [1.165, 1.54) is 16.7 Å². The van der Waals surface area contributed by atoms with E-state index in [9.17, 15) is 0 Å². The molecular weight excluding hydrogens is 346 g/mol. The largest absolute Gasteiger partial charge is 0.310 e. The van der Waals surface area contributed by atoms with Gasteiger partial charge in [0.05, 0.1) is 0 Å². The maximum absolute atomic E-state index is 6.39. The molecule has 0 aliphatic heterocycles. The fraction of sp³-hybridized carbons (Fsp3) is 0.333. The van der Waals surface area contributed by atoms with Gasteiger partial charge in [-0.15, -0.1) is 0 Å². The highest BCUT2D eigenvalue weighted by Gasteiger charge is 2.31. The monoisotopic (exact) mass is 363 g/mol. The smallest absolute Gasteiger partial charge is 0.0449 e. The first-order valence-corrected chi connectivity index (χ1v) is 8.61. The Morgan fingerprint density at radius 1 is 1.24 bits per heavy atom.